The van der Waals surface area contributed by atoms with Gasteiger partial charge in [-0.1, -0.05) is 84.9 Å². The van der Waals surface area contributed by atoms with Gasteiger partial charge in [-0.3, -0.25) is 4.79 Å². The molecule has 4 rings (SSSR count). The van der Waals surface area contributed by atoms with Crippen LogP contribution in [0.15, 0.2) is 104 Å². The molecular weight excluding hydrogens is 440 g/mol. The maximum Gasteiger partial charge on any atom is 0.408 e. The fraction of sp³-hybridized carbons (Fsp3) is 0.179. The van der Waals surface area contributed by atoms with Crippen LogP contribution in [-0.2, 0) is 35.6 Å². The standard InChI is InChI=1S/C28H28N4O3/c33-27(30-18-24-12-7-13-25(16-24)19-32-15-14-29-21-32)26(17-22-8-3-1-4-9-22)31-28(34)35-20-23-10-5-2-6-11-23/h1-16,21,26H,17-20H2,(H,30,33)(H,31,34). The Bertz CT molecular complexity index is 1210. The molecule has 35 heavy (non-hydrogen) atoms. The first kappa shape index (κ1) is 23.8. The molecule has 7 heteroatoms. The van der Waals surface area contributed by atoms with E-state index in [9.17, 15) is 9.59 Å². The van der Waals surface area contributed by atoms with E-state index in [-0.39, 0.29) is 12.5 Å². The summed E-state index contributed by atoms with van der Waals surface area (Å²) in [6, 6.07) is 26.2. The highest BCUT2D eigenvalue weighted by Gasteiger charge is 2.22. The molecule has 1 heterocycles. The van der Waals surface area contributed by atoms with Crippen molar-refractivity contribution >= 4 is 12.0 Å². The summed E-state index contributed by atoms with van der Waals surface area (Å²) in [5, 5.41) is 5.69. The molecular formula is C28H28N4O3. The van der Waals surface area contributed by atoms with E-state index >= 15 is 0 Å². The molecule has 0 saturated heterocycles. The molecule has 4 aromatic rings. The number of benzene rings is 3. The highest BCUT2D eigenvalue weighted by atomic mass is 16.5. The van der Waals surface area contributed by atoms with E-state index in [0.717, 1.165) is 22.3 Å². The maximum absolute atomic E-state index is 13.1. The summed E-state index contributed by atoms with van der Waals surface area (Å²) in [6.07, 6.45) is 5.14. The van der Waals surface area contributed by atoms with Crippen LogP contribution < -0.4 is 10.6 Å². The van der Waals surface area contributed by atoms with Crippen LogP contribution in [0.2, 0.25) is 0 Å². The number of amides is 2. The number of nitrogens with one attached hydrogen (secondary N) is 2. The van der Waals surface area contributed by atoms with Gasteiger partial charge in [0, 0.05) is 31.9 Å². The topological polar surface area (TPSA) is 85.3 Å². The third-order valence-corrected chi connectivity index (χ3v) is 5.49. The van der Waals surface area contributed by atoms with E-state index in [1.165, 1.54) is 0 Å². The summed E-state index contributed by atoms with van der Waals surface area (Å²) in [5.74, 6) is -0.273. The van der Waals surface area contributed by atoms with Crippen molar-refractivity contribution in [1.82, 2.24) is 20.2 Å². The molecule has 0 bridgehead atoms. The van der Waals surface area contributed by atoms with Crippen molar-refractivity contribution in [1.29, 1.82) is 0 Å². The Balaban J connectivity index is 1.37. The number of rotatable bonds is 10. The highest BCUT2D eigenvalue weighted by Crippen LogP contribution is 2.09. The molecule has 3 aromatic carbocycles. The van der Waals surface area contributed by atoms with Crippen LogP contribution in [0.4, 0.5) is 4.79 Å². The number of imidazole rings is 1. The van der Waals surface area contributed by atoms with Crippen LogP contribution in [0.25, 0.3) is 0 Å². The van der Waals surface area contributed by atoms with Gasteiger partial charge < -0.3 is 19.9 Å². The Morgan fingerprint density at radius 3 is 2.26 bits per heavy atom. The van der Waals surface area contributed by atoms with Gasteiger partial charge >= 0.3 is 6.09 Å². The Hall–Kier alpha value is -4.39. The van der Waals surface area contributed by atoms with Gasteiger partial charge in [0.25, 0.3) is 0 Å². The Kier molecular flexibility index (Phi) is 8.27. The number of carbonyl (C=O) groups excluding carboxylic acids is 2. The third kappa shape index (κ3) is 7.57. The summed E-state index contributed by atoms with van der Waals surface area (Å²) < 4.78 is 7.32. The number of hydrogen-bond acceptors (Lipinski definition) is 4. The first-order valence-corrected chi connectivity index (χ1v) is 11.5. The summed E-state index contributed by atoms with van der Waals surface area (Å²) in [6.45, 7) is 1.19. The number of ether oxygens (including phenoxy) is 1. The molecule has 0 spiro atoms. The monoisotopic (exact) mass is 468 g/mol. The minimum atomic E-state index is -0.769. The molecule has 0 aliphatic rings. The fourth-order valence-corrected chi connectivity index (χ4v) is 3.71. The molecule has 1 unspecified atom stereocenters. The van der Waals surface area contributed by atoms with E-state index in [1.54, 1.807) is 12.5 Å². The second kappa shape index (κ2) is 12.2. The van der Waals surface area contributed by atoms with Gasteiger partial charge in [-0.25, -0.2) is 9.78 Å². The van der Waals surface area contributed by atoms with Crippen molar-refractivity contribution < 1.29 is 14.3 Å². The number of alkyl carbamates (subject to hydrolysis) is 1. The molecule has 0 fully saturated rings. The zero-order chi connectivity index (χ0) is 24.3. The van der Waals surface area contributed by atoms with E-state index in [0.29, 0.717) is 19.5 Å². The minimum absolute atomic E-state index is 0.135. The van der Waals surface area contributed by atoms with Crippen LogP contribution >= 0.6 is 0 Å². The van der Waals surface area contributed by atoms with Crippen LogP contribution in [0.5, 0.6) is 0 Å². The average Bonchev–Trinajstić information content (AvgIpc) is 3.40. The fourth-order valence-electron chi connectivity index (χ4n) is 3.71. The van der Waals surface area contributed by atoms with Crippen LogP contribution in [0.1, 0.15) is 22.3 Å². The van der Waals surface area contributed by atoms with Gasteiger partial charge in [0.1, 0.15) is 12.6 Å². The van der Waals surface area contributed by atoms with Gasteiger partial charge in [-0.2, -0.15) is 0 Å². The highest BCUT2D eigenvalue weighted by molar-refractivity contribution is 5.85. The predicted molar refractivity (Wildman–Crippen MR) is 133 cm³/mol. The second-order valence-corrected chi connectivity index (χ2v) is 8.22. The van der Waals surface area contributed by atoms with Gasteiger partial charge in [0.15, 0.2) is 0 Å². The minimum Gasteiger partial charge on any atom is -0.445 e. The van der Waals surface area contributed by atoms with Gasteiger partial charge in [0.05, 0.1) is 6.33 Å². The summed E-state index contributed by atoms with van der Waals surface area (Å²) in [5.41, 5.74) is 3.90. The van der Waals surface area contributed by atoms with Crippen LogP contribution in [-0.4, -0.2) is 27.6 Å². The maximum atomic E-state index is 13.1. The third-order valence-electron chi connectivity index (χ3n) is 5.49. The zero-order valence-electron chi connectivity index (χ0n) is 19.3. The SMILES string of the molecule is O=C(NC(Cc1ccccc1)C(=O)NCc1cccc(Cn2ccnc2)c1)OCc1ccccc1. The normalized spacial score (nSPS) is 11.4. The van der Waals surface area contributed by atoms with Crippen molar-refractivity contribution in [2.45, 2.75) is 32.2 Å². The molecule has 2 amide bonds. The van der Waals surface area contributed by atoms with E-state index in [1.807, 2.05) is 95.7 Å². The molecule has 0 aliphatic heterocycles. The van der Waals surface area contributed by atoms with Gasteiger partial charge in [-0.15, -0.1) is 0 Å². The first-order valence-electron chi connectivity index (χ1n) is 11.5. The van der Waals surface area contributed by atoms with Crippen molar-refractivity contribution in [3.63, 3.8) is 0 Å². The molecule has 1 aromatic heterocycles. The predicted octanol–water partition coefficient (Wildman–Crippen LogP) is 4.09. The van der Waals surface area contributed by atoms with E-state index in [2.05, 4.69) is 15.6 Å². The first-order chi connectivity index (χ1) is 17.2. The van der Waals surface area contributed by atoms with E-state index < -0.39 is 12.1 Å². The summed E-state index contributed by atoms with van der Waals surface area (Å²) in [7, 11) is 0. The summed E-state index contributed by atoms with van der Waals surface area (Å²) >= 11 is 0. The molecule has 0 radical (unpaired) electrons. The van der Waals surface area contributed by atoms with Gasteiger partial charge in [-0.05, 0) is 22.3 Å². The van der Waals surface area contributed by atoms with Crippen molar-refractivity contribution in [3.05, 3.63) is 126 Å². The lowest BCUT2D eigenvalue weighted by Gasteiger charge is -2.19. The summed E-state index contributed by atoms with van der Waals surface area (Å²) in [4.78, 5) is 29.6. The number of carbonyl (C=O) groups is 2. The zero-order valence-corrected chi connectivity index (χ0v) is 19.3. The van der Waals surface area contributed by atoms with Gasteiger partial charge in [0.2, 0.25) is 5.91 Å². The lowest BCUT2D eigenvalue weighted by Crippen LogP contribution is -2.48. The molecule has 1 atom stereocenters. The van der Waals surface area contributed by atoms with Crippen LogP contribution in [0.3, 0.4) is 0 Å². The Labute approximate surface area is 204 Å². The van der Waals surface area contributed by atoms with Crippen molar-refractivity contribution in [2.75, 3.05) is 0 Å². The number of nitrogens with zero attached hydrogens (tertiary/aromatic N) is 2. The smallest absolute Gasteiger partial charge is 0.408 e. The Morgan fingerprint density at radius 1 is 0.857 bits per heavy atom. The molecule has 2 N–H and O–H groups in total. The molecule has 0 aliphatic carbocycles. The average molecular weight is 469 g/mol. The molecule has 178 valence electrons. The van der Waals surface area contributed by atoms with E-state index in [4.69, 9.17) is 4.74 Å². The quantitative estimate of drug-likeness (QED) is 0.367. The lowest BCUT2D eigenvalue weighted by atomic mass is 10.1. The lowest BCUT2D eigenvalue weighted by molar-refractivity contribution is -0.123. The van der Waals surface area contributed by atoms with Crippen molar-refractivity contribution in [3.8, 4) is 0 Å². The van der Waals surface area contributed by atoms with Crippen molar-refractivity contribution in [2.24, 2.45) is 0 Å². The number of hydrogen-bond donors (Lipinski definition) is 2. The van der Waals surface area contributed by atoms with Crippen LogP contribution in [0, 0.1) is 0 Å². The largest absolute Gasteiger partial charge is 0.445 e. The number of aromatic nitrogens is 2. The molecule has 7 nitrogen and oxygen atoms in total. The second-order valence-electron chi connectivity index (χ2n) is 8.22. The molecule has 0 saturated carbocycles. The Morgan fingerprint density at radius 2 is 1.54 bits per heavy atom.